The second-order valence-electron chi connectivity index (χ2n) is 7.29. The lowest BCUT2D eigenvalue weighted by Gasteiger charge is -2.15. The highest BCUT2D eigenvalue weighted by Gasteiger charge is 2.18. The van der Waals surface area contributed by atoms with Crippen molar-refractivity contribution < 1.29 is 22.7 Å². The Morgan fingerprint density at radius 2 is 1.81 bits per heavy atom. The van der Waals surface area contributed by atoms with Crippen LogP contribution in [0.2, 0.25) is 0 Å². The Hall–Kier alpha value is -2.62. The van der Waals surface area contributed by atoms with Crippen LogP contribution < -0.4 is 19.5 Å². The molecule has 0 atom stereocenters. The fraction of sp³-hybridized carbons (Fsp3) is 0.409. The van der Waals surface area contributed by atoms with E-state index < -0.39 is 15.9 Å². The highest BCUT2D eigenvalue weighted by molar-refractivity contribution is 7.89. The van der Waals surface area contributed by atoms with Crippen LogP contribution in [0.4, 0.5) is 0 Å². The Bertz CT molecular complexity index is 987. The highest BCUT2D eigenvalue weighted by atomic mass is 32.2. The average molecular weight is 448 g/mol. The van der Waals surface area contributed by atoms with Crippen LogP contribution in [0.25, 0.3) is 0 Å². The van der Waals surface area contributed by atoms with Crippen molar-refractivity contribution in [1.82, 2.24) is 14.9 Å². The van der Waals surface area contributed by atoms with Gasteiger partial charge in [-0.2, -0.15) is 0 Å². The van der Waals surface area contributed by atoms with Gasteiger partial charge in [0, 0.05) is 13.1 Å². The van der Waals surface area contributed by atoms with Crippen LogP contribution in [0.1, 0.15) is 28.8 Å². The normalized spacial score (nSPS) is 14.4. The lowest BCUT2D eigenvalue weighted by Crippen LogP contribution is -2.25. The molecule has 0 unspecified atom stereocenters. The molecule has 0 aliphatic carbocycles. The summed E-state index contributed by atoms with van der Waals surface area (Å²) >= 11 is 0. The number of benzene rings is 2. The Kier molecular flexibility index (Phi) is 7.89. The van der Waals surface area contributed by atoms with Crippen LogP contribution in [-0.2, 0) is 16.6 Å². The van der Waals surface area contributed by atoms with E-state index in [1.54, 1.807) is 0 Å². The molecule has 0 saturated carbocycles. The Labute approximate surface area is 183 Å². The lowest BCUT2D eigenvalue weighted by molar-refractivity contribution is 0.0947. The fourth-order valence-corrected chi connectivity index (χ4v) is 4.19. The Morgan fingerprint density at radius 1 is 1.10 bits per heavy atom. The molecular weight excluding hydrogens is 418 g/mol. The smallest absolute Gasteiger partial charge is 0.255 e. The molecule has 9 heteroatoms. The van der Waals surface area contributed by atoms with Gasteiger partial charge in [-0.1, -0.05) is 12.1 Å². The van der Waals surface area contributed by atoms with Gasteiger partial charge in [-0.25, -0.2) is 13.1 Å². The van der Waals surface area contributed by atoms with E-state index in [9.17, 15) is 13.2 Å². The minimum absolute atomic E-state index is 0.00335. The summed E-state index contributed by atoms with van der Waals surface area (Å²) in [5.74, 6) is 0.672. The summed E-state index contributed by atoms with van der Waals surface area (Å²) in [6, 6.07) is 11.7. The number of methoxy groups -OCH3 is 1. The molecule has 0 aromatic heterocycles. The van der Waals surface area contributed by atoms with E-state index in [4.69, 9.17) is 9.47 Å². The molecule has 1 aliphatic rings. The predicted octanol–water partition coefficient (Wildman–Crippen LogP) is 2.01. The molecule has 2 aromatic rings. The van der Waals surface area contributed by atoms with Gasteiger partial charge < -0.3 is 14.8 Å². The Balaban J connectivity index is 1.57. The number of rotatable bonds is 10. The summed E-state index contributed by atoms with van der Waals surface area (Å²) in [6.45, 7) is 4.18. The maximum atomic E-state index is 12.7. The first-order chi connectivity index (χ1) is 14.9. The molecule has 1 amide bonds. The van der Waals surface area contributed by atoms with Gasteiger partial charge in [0.05, 0.1) is 17.6 Å². The third kappa shape index (κ3) is 6.19. The SMILES string of the molecule is CNS(=O)(=O)c1ccc(OC)c(C(=O)NCc2ccc(OCCN3CCCC3)cc2)c1. The molecule has 1 fully saturated rings. The second-order valence-corrected chi connectivity index (χ2v) is 9.18. The minimum atomic E-state index is -3.67. The predicted molar refractivity (Wildman–Crippen MR) is 118 cm³/mol. The summed E-state index contributed by atoms with van der Waals surface area (Å²) in [5.41, 5.74) is 1.05. The first kappa shape index (κ1) is 23.1. The highest BCUT2D eigenvalue weighted by Crippen LogP contribution is 2.22. The number of hydrogen-bond acceptors (Lipinski definition) is 6. The lowest BCUT2D eigenvalue weighted by atomic mass is 10.1. The van der Waals surface area contributed by atoms with E-state index in [0.717, 1.165) is 30.9 Å². The molecule has 0 spiro atoms. The van der Waals surface area contributed by atoms with Crippen LogP contribution in [0, 0.1) is 0 Å². The standard InChI is InChI=1S/C22H29N3O5S/c1-23-31(27,28)19-9-10-21(29-2)20(15-19)22(26)24-16-17-5-7-18(8-6-17)30-14-13-25-11-3-4-12-25/h5-10,15,23H,3-4,11-14,16H2,1-2H3,(H,24,26). The van der Waals surface area contributed by atoms with Gasteiger partial charge in [-0.15, -0.1) is 0 Å². The van der Waals surface area contributed by atoms with E-state index in [1.165, 1.54) is 45.2 Å². The molecule has 31 heavy (non-hydrogen) atoms. The maximum Gasteiger partial charge on any atom is 0.255 e. The summed E-state index contributed by atoms with van der Waals surface area (Å²) in [5, 5.41) is 2.80. The minimum Gasteiger partial charge on any atom is -0.496 e. The molecule has 1 saturated heterocycles. The van der Waals surface area contributed by atoms with Crippen molar-refractivity contribution in [3.8, 4) is 11.5 Å². The zero-order valence-corrected chi connectivity index (χ0v) is 18.7. The molecule has 0 radical (unpaired) electrons. The largest absolute Gasteiger partial charge is 0.496 e. The number of ether oxygens (including phenoxy) is 2. The van der Waals surface area contributed by atoms with Crippen molar-refractivity contribution in [2.45, 2.75) is 24.3 Å². The molecular formula is C22H29N3O5S. The van der Waals surface area contributed by atoms with Crippen LogP contribution in [0.3, 0.4) is 0 Å². The molecule has 0 bridgehead atoms. The number of amides is 1. The number of nitrogens with one attached hydrogen (secondary N) is 2. The van der Waals surface area contributed by atoms with E-state index in [-0.39, 0.29) is 10.5 Å². The maximum absolute atomic E-state index is 12.7. The van der Waals surface area contributed by atoms with Gasteiger partial charge in [0.15, 0.2) is 0 Å². The van der Waals surface area contributed by atoms with E-state index >= 15 is 0 Å². The monoisotopic (exact) mass is 447 g/mol. The van der Waals surface area contributed by atoms with Crippen molar-refractivity contribution in [3.05, 3.63) is 53.6 Å². The first-order valence-corrected chi connectivity index (χ1v) is 11.7. The third-order valence-electron chi connectivity index (χ3n) is 5.25. The van der Waals surface area contributed by atoms with E-state index in [1.807, 2.05) is 24.3 Å². The van der Waals surface area contributed by atoms with Crippen LogP contribution in [0.5, 0.6) is 11.5 Å². The van der Waals surface area contributed by atoms with Crippen molar-refractivity contribution >= 4 is 15.9 Å². The van der Waals surface area contributed by atoms with Gasteiger partial charge in [0.1, 0.15) is 18.1 Å². The molecule has 168 valence electrons. The third-order valence-corrected chi connectivity index (χ3v) is 6.66. The fourth-order valence-electron chi connectivity index (χ4n) is 3.43. The van der Waals surface area contributed by atoms with Crippen molar-refractivity contribution in [2.75, 3.05) is 40.4 Å². The number of likely N-dealkylation sites (tertiary alicyclic amines) is 1. The van der Waals surface area contributed by atoms with Gasteiger partial charge in [-0.3, -0.25) is 9.69 Å². The van der Waals surface area contributed by atoms with Gasteiger partial charge in [0.25, 0.3) is 5.91 Å². The molecule has 1 heterocycles. The summed E-state index contributed by atoms with van der Waals surface area (Å²) < 4.78 is 37.3. The molecule has 1 aliphatic heterocycles. The quantitative estimate of drug-likeness (QED) is 0.578. The average Bonchev–Trinajstić information content (AvgIpc) is 3.31. The van der Waals surface area contributed by atoms with E-state index in [2.05, 4.69) is 14.9 Å². The molecule has 3 rings (SSSR count). The summed E-state index contributed by atoms with van der Waals surface area (Å²) in [6.07, 6.45) is 2.53. The van der Waals surface area contributed by atoms with Gasteiger partial charge >= 0.3 is 0 Å². The second kappa shape index (κ2) is 10.6. The number of sulfonamides is 1. The van der Waals surface area contributed by atoms with Gasteiger partial charge in [0.2, 0.25) is 10.0 Å². The number of hydrogen-bond donors (Lipinski definition) is 2. The van der Waals surface area contributed by atoms with Crippen LogP contribution in [0.15, 0.2) is 47.4 Å². The number of carbonyl (C=O) groups is 1. The Morgan fingerprint density at radius 3 is 2.45 bits per heavy atom. The first-order valence-electron chi connectivity index (χ1n) is 10.3. The summed E-state index contributed by atoms with van der Waals surface area (Å²) in [4.78, 5) is 15.1. The van der Waals surface area contributed by atoms with Crippen molar-refractivity contribution in [3.63, 3.8) is 0 Å². The van der Waals surface area contributed by atoms with Crippen LogP contribution >= 0.6 is 0 Å². The van der Waals surface area contributed by atoms with Crippen molar-refractivity contribution in [2.24, 2.45) is 0 Å². The zero-order valence-electron chi connectivity index (χ0n) is 17.9. The molecule has 2 N–H and O–H groups in total. The molecule has 8 nitrogen and oxygen atoms in total. The number of carbonyl (C=O) groups excluding carboxylic acids is 1. The molecule has 2 aromatic carbocycles. The summed E-state index contributed by atoms with van der Waals surface area (Å²) in [7, 11) is -0.917. The zero-order chi connectivity index (χ0) is 22.3. The van der Waals surface area contributed by atoms with Gasteiger partial charge in [-0.05, 0) is 68.9 Å². The van der Waals surface area contributed by atoms with Crippen molar-refractivity contribution in [1.29, 1.82) is 0 Å². The topological polar surface area (TPSA) is 97.0 Å². The van der Waals surface area contributed by atoms with E-state index in [0.29, 0.717) is 18.9 Å². The number of nitrogens with zero attached hydrogens (tertiary/aromatic N) is 1. The van der Waals surface area contributed by atoms with Crippen LogP contribution in [-0.4, -0.2) is 59.6 Å².